The van der Waals surface area contributed by atoms with Crippen LogP contribution in [0.1, 0.15) is 72.1 Å². The lowest BCUT2D eigenvalue weighted by molar-refractivity contribution is 0.0219. The van der Waals surface area contributed by atoms with E-state index in [1.54, 1.807) is 0 Å². The van der Waals surface area contributed by atoms with E-state index in [1.165, 1.54) is 64.5 Å². The molecule has 0 aromatic rings. The Labute approximate surface area is 120 Å². The molecule has 2 atom stereocenters. The van der Waals surface area contributed by atoms with Crippen LogP contribution in [0, 0.1) is 11.3 Å². The van der Waals surface area contributed by atoms with Crippen molar-refractivity contribution < 1.29 is 0 Å². The van der Waals surface area contributed by atoms with Crippen LogP contribution in [0.5, 0.6) is 0 Å². The molecule has 2 N–H and O–H groups in total. The van der Waals surface area contributed by atoms with E-state index in [-0.39, 0.29) is 0 Å². The molecule has 0 bridgehead atoms. The number of nitrogens with zero attached hydrogens (tertiary/aromatic N) is 1. The van der Waals surface area contributed by atoms with E-state index in [0.29, 0.717) is 11.0 Å². The zero-order valence-electron chi connectivity index (χ0n) is 13.4. The van der Waals surface area contributed by atoms with Crippen molar-refractivity contribution in [1.82, 2.24) is 4.90 Å². The number of rotatable bonds is 3. The third-order valence-corrected chi connectivity index (χ3v) is 6.02. The van der Waals surface area contributed by atoms with Crippen molar-refractivity contribution in [2.24, 2.45) is 17.1 Å². The van der Waals surface area contributed by atoms with Crippen LogP contribution in [0.2, 0.25) is 0 Å². The van der Waals surface area contributed by atoms with Crippen LogP contribution in [0.4, 0.5) is 0 Å². The van der Waals surface area contributed by atoms with Gasteiger partial charge in [-0.25, -0.2) is 0 Å². The molecule has 2 aliphatic rings. The second kappa shape index (κ2) is 6.13. The van der Waals surface area contributed by atoms with Crippen molar-refractivity contribution in [2.45, 2.75) is 77.7 Å². The summed E-state index contributed by atoms with van der Waals surface area (Å²) in [5.41, 5.74) is 7.13. The van der Waals surface area contributed by atoms with Gasteiger partial charge in [0.05, 0.1) is 0 Å². The standard InChI is InChI=1S/C17H34N2/c1-4-15-6-5-8-17(14-18,9-7-15)19-12-10-16(2,3)11-13-19/h15H,4-14,18H2,1-3H3. The van der Waals surface area contributed by atoms with Crippen molar-refractivity contribution in [3.8, 4) is 0 Å². The monoisotopic (exact) mass is 266 g/mol. The third kappa shape index (κ3) is 3.52. The molecular weight excluding hydrogens is 232 g/mol. The summed E-state index contributed by atoms with van der Waals surface area (Å²) >= 11 is 0. The van der Waals surface area contributed by atoms with Gasteiger partial charge >= 0.3 is 0 Å². The SMILES string of the molecule is CCC1CCCC(CN)(N2CCC(C)(C)CC2)CC1. The molecule has 0 spiro atoms. The van der Waals surface area contributed by atoms with E-state index in [4.69, 9.17) is 5.73 Å². The van der Waals surface area contributed by atoms with E-state index in [9.17, 15) is 0 Å². The summed E-state index contributed by atoms with van der Waals surface area (Å²) in [6, 6.07) is 0. The molecule has 2 fully saturated rings. The van der Waals surface area contributed by atoms with Gasteiger partial charge in [0.2, 0.25) is 0 Å². The van der Waals surface area contributed by atoms with Crippen LogP contribution in [-0.4, -0.2) is 30.1 Å². The van der Waals surface area contributed by atoms with E-state index in [2.05, 4.69) is 25.7 Å². The lowest BCUT2D eigenvalue weighted by Crippen LogP contribution is -2.57. The first kappa shape index (κ1) is 15.3. The van der Waals surface area contributed by atoms with E-state index < -0.39 is 0 Å². The number of piperidine rings is 1. The minimum Gasteiger partial charge on any atom is -0.329 e. The maximum Gasteiger partial charge on any atom is 0.0331 e. The Morgan fingerprint density at radius 3 is 2.32 bits per heavy atom. The molecule has 19 heavy (non-hydrogen) atoms. The van der Waals surface area contributed by atoms with Gasteiger partial charge in [0, 0.05) is 12.1 Å². The van der Waals surface area contributed by atoms with Gasteiger partial charge < -0.3 is 5.73 Å². The number of hydrogen-bond donors (Lipinski definition) is 1. The molecule has 112 valence electrons. The number of nitrogens with two attached hydrogens (primary N) is 1. The molecular formula is C17H34N2. The van der Waals surface area contributed by atoms with Crippen molar-refractivity contribution in [1.29, 1.82) is 0 Å². The van der Waals surface area contributed by atoms with Gasteiger partial charge in [-0.15, -0.1) is 0 Å². The van der Waals surface area contributed by atoms with Crippen LogP contribution in [-0.2, 0) is 0 Å². The Hall–Kier alpha value is -0.0800. The van der Waals surface area contributed by atoms with E-state index in [0.717, 1.165) is 12.5 Å². The second-order valence-corrected chi connectivity index (χ2v) is 7.78. The van der Waals surface area contributed by atoms with Crippen LogP contribution in [0.25, 0.3) is 0 Å². The van der Waals surface area contributed by atoms with Crippen molar-refractivity contribution >= 4 is 0 Å². The quantitative estimate of drug-likeness (QED) is 0.787. The largest absolute Gasteiger partial charge is 0.329 e. The Bertz CT molecular complexity index is 277. The third-order valence-electron chi connectivity index (χ3n) is 6.02. The van der Waals surface area contributed by atoms with Crippen LogP contribution < -0.4 is 5.73 Å². The fourth-order valence-electron chi connectivity index (χ4n) is 4.11. The van der Waals surface area contributed by atoms with Gasteiger partial charge in [-0.3, -0.25) is 4.90 Å². The van der Waals surface area contributed by atoms with Gasteiger partial charge in [-0.2, -0.15) is 0 Å². The minimum absolute atomic E-state index is 0.334. The van der Waals surface area contributed by atoms with Gasteiger partial charge in [-0.1, -0.05) is 40.0 Å². The van der Waals surface area contributed by atoms with Crippen LogP contribution >= 0.6 is 0 Å². The first-order valence-electron chi connectivity index (χ1n) is 8.46. The smallest absolute Gasteiger partial charge is 0.0331 e. The number of hydrogen-bond acceptors (Lipinski definition) is 2. The van der Waals surface area contributed by atoms with E-state index >= 15 is 0 Å². The molecule has 2 nitrogen and oxygen atoms in total. The Morgan fingerprint density at radius 1 is 1.05 bits per heavy atom. The summed E-state index contributed by atoms with van der Waals surface area (Å²) in [7, 11) is 0. The summed E-state index contributed by atoms with van der Waals surface area (Å²) in [5, 5.41) is 0. The molecule has 1 saturated heterocycles. The molecule has 2 rings (SSSR count). The molecule has 0 aromatic carbocycles. The van der Waals surface area contributed by atoms with Crippen molar-refractivity contribution in [3.63, 3.8) is 0 Å². The first-order valence-corrected chi connectivity index (χ1v) is 8.46. The molecule has 0 radical (unpaired) electrons. The zero-order valence-corrected chi connectivity index (χ0v) is 13.4. The lowest BCUT2D eigenvalue weighted by atomic mass is 9.79. The fourth-order valence-corrected chi connectivity index (χ4v) is 4.11. The highest BCUT2D eigenvalue weighted by Crippen LogP contribution is 2.39. The van der Waals surface area contributed by atoms with Gasteiger partial charge in [0.1, 0.15) is 0 Å². The second-order valence-electron chi connectivity index (χ2n) is 7.78. The average Bonchev–Trinajstić information content (AvgIpc) is 2.61. The molecule has 0 amide bonds. The van der Waals surface area contributed by atoms with Gasteiger partial charge in [-0.05, 0) is 56.5 Å². The van der Waals surface area contributed by atoms with Crippen molar-refractivity contribution in [3.05, 3.63) is 0 Å². The predicted molar refractivity (Wildman–Crippen MR) is 83.2 cm³/mol. The zero-order chi connectivity index (χ0) is 13.9. The average molecular weight is 266 g/mol. The highest BCUT2D eigenvalue weighted by atomic mass is 15.2. The van der Waals surface area contributed by atoms with Crippen LogP contribution in [0.15, 0.2) is 0 Å². The molecule has 0 aromatic heterocycles. The van der Waals surface area contributed by atoms with Gasteiger partial charge in [0.15, 0.2) is 0 Å². The summed E-state index contributed by atoms with van der Waals surface area (Å²) in [6.07, 6.45) is 10.9. The predicted octanol–water partition coefficient (Wildman–Crippen LogP) is 3.80. The highest BCUT2D eigenvalue weighted by Gasteiger charge is 2.40. The highest BCUT2D eigenvalue weighted by molar-refractivity contribution is 4.96. The molecule has 1 aliphatic carbocycles. The maximum absolute atomic E-state index is 6.25. The summed E-state index contributed by atoms with van der Waals surface area (Å²) in [6.45, 7) is 10.6. The minimum atomic E-state index is 0.334. The maximum atomic E-state index is 6.25. The summed E-state index contributed by atoms with van der Waals surface area (Å²) in [4.78, 5) is 2.76. The Morgan fingerprint density at radius 2 is 1.74 bits per heavy atom. The summed E-state index contributed by atoms with van der Waals surface area (Å²) < 4.78 is 0. The van der Waals surface area contributed by atoms with Crippen LogP contribution in [0.3, 0.4) is 0 Å². The Kier molecular flexibility index (Phi) is 4.94. The lowest BCUT2D eigenvalue weighted by Gasteiger charge is -2.48. The fraction of sp³-hybridized carbons (Fsp3) is 1.00. The molecule has 1 heterocycles. The normalized spacial score (nSPS) is 36.9. The molecule has 1 saturated carbocycles. The van der Waals surface area contributed by atoms with Crippen molar-refractivity contribution in [2.75, 3.05) is 19.6 Å². The first-order chi connectivity index (χ1) is 9.01. The summed E-state index contributed by atoms with van der Waals surface area (Å²) in [5.74, 6) is 0.953. The molecule has 1 aliphatic heterocycles. The Balaban J connectivity index is 2.02. The number of likely N-dealkylation sites (tertiary alicyclic amines) is 1. The topological polar surface area (TPSA) is 29.3 Å². The van der Waals surface area contributed by atoms with E-state index in [1.807, 2.05) is 0 Å². The van der Waals surface area contributed by atoms with Gasteiger partial charge in [0.25, 0.3) is 0 Å². The molecule has 2 heteroatoms. The molecule has 2 unspecified atom stereocenters.